The molecule has 154 valence electrons. The maximum atomic E-state index is 9.54. The van der Waals surface area contributed by atoms with Crippen LogP contribution >= 0.6 is 0 Å². The van der Waals surface area contributed by atoms with Crippen LogP contribution in [0, 0.1) is 17.2 Å². The largest absolute Gasteiger partial charge is 0.348 e. The molecular formula is C22H38N2O3. The van der Waals surface area contributed by atoms with Gasteiger partial charge in [-0.05, 0) is 44.4 Å². The van der Waals surface area contributed by atoms with Crippen molar-refractivity contribution in [3.05, 3.63) is 0 Å². The Kier molecular flexibility index (Phi) is 7.56. The molecule has 1 aliphatic carbocycles. The summed E-state index contributed by atoms with van der Waals surface area (Å²) < 4.78 is 12.3. The van der Waals surface area contributed by atoms with Crippen molar-refractivity contribution < 1.29 is 14.3 Å². The number of rotatable bonds is 9. The molecule has 1 spiro atoms. The second kappa shape index (κ2) is 9.69. The van der Waals surface area contributed by atoms with Crippen LogP contribution in [-0.2, 0) is 14.3 Å². The smallest absolute Gasteiger partial charge is 0.168 e. The zero-order valence-corrected chi connectivity index (χ0v) is 17.4. The van der Waals surface area contributed by atoms with Gasteiger partial charge in [-0.2, -0.15) is 10.3 Å². The molecule has 0 radical (unpaired) electrons. The average Bonchev–Trinajstić information content (AvgIpc) is 3.30. The average molecular weight is 379 g/mol. The van der Waals surface area contributed by atoms with Gasteiger partial charge in [-0.1, -0.05) is 39.0 Å². The molecule has 3 rings (SSSR count). The molecule has 0 aromatic rings. The van der Waals surface area contributed by atoms with E-state index < -0.39 is 0 Å². The molecule has 2 heterocycles. The number of hydroxylamine groups is 2. The Morgan fingerprint density at radius 2 is 1.89 bits per heavy atom. The summed E-state index contributed by atoms with van der Waals surface area (Å²) in [6.45, 7) is 3.70. The first-order chi connectivity index (χ1) is 13.2. The molecular weight excluding hydrogens is 340 g/mol. The Hall–Kier alpha value is -0.670. The lowest BCUT2D eigenvalue weighted by Crippen LogP contribution is -2.53. The van der Waals surface area contributed by atoms with E-state index in [4.69, 9.17) is 14.3 Å². The minimum atomic E-state index is -0.364. The number of ether oxygens (including phenoxy) is 2. The quantitative estimate of drug-likeness (QED) is 0.531. The summed E-state index contributed by atoms with van der Waals surface area (Å²) in [7, 11) is 1.74. The third kappa shape index (κ3) is 4.50. The van der Waals surface area contributed by atoms with Crippen LogP contribution in [0.5, 0.6) is 0 Å². The van der Waals surface area contributed by atoms with Crippen molar-refractivity contribution in [3.8, 4) is 6.07 Å². The molecule has 1 saturated carbocycles. The van der Waals surface area contributed by atoms with Crippen molar-refractivity contribution in [2.75, 3.05) is 20.3 Å². The molecule has 0 aromatic heterocycles. The summed E-state index contributed by atoms with van der Waals surface area (Å²) >= 11 is 0. The fourth-order valence-electron chi connectivity index (χ4n) is 5.80. The zero-order chi connectivity index (χ0) is 19.2. The molecule has 2 unspecified atom stereocenters. The zero-order valence-electron chi connectivity index (χ0n) is 17.4. The highest BCUT2D eigenvalue weighted by atomic mass is 16.7. The fraction of sp³-hybridized carbons (Fsp3) is 0.955. The molecule has 27 heavy (non-hydrogen) atoms. The highest BCUT2D eigenvalue weighted by Crippen LogP contribution is 2.50. The molecule has 0 bridgehead atoms. The standard InChI is InChI=1S/C22H38N2O3/c1-3-4-5-7-13-22(26-16-17-27-22)15-10-19-9-6-8-12-21(19)14-11-20(18-23)24(21)25-2/h19-20H,3-17H2,1-2H3/t19?,20-,21?/m1/s1. The third-order valence-electron chi connectivity index (χ3n) is 7.19. The van der Waals surface area contributed by atoms with Crippen LogP contribution in [0.3, 0.4) is 0 Å². The van der Waals surface area contributed by atoms with Gasteiger partial charge >= 0.3 is 0 Å². The summed E-state index contributed by atoms with van der Waals surface area (Å²) in [5, 5.41) is 11.6. The summed E-state index contributed by atoms with van der Waals surface area (Å²) in [6, 6.07) is 2.35. The van der Waals surface area contributed by atoms with E-state index >= 15 is 0 Å². The fourth-order valence-corrected chi connectivity index (χ4v) is 5.80. The van der Waals surface area contributed by atoms with Gasteiger partial charge in [0.1, 0.15) is 6.04 Å². The van der Waals surface area contributed by atoms with Gasteiger partial charge in [0.05, 0.1) is 31.9 Å². The number of hydrogen-bond acceptors (Lipinski definition) is 5. The van der Waals surface area contributed by atoms with Gasteiger partial charge in [-0.3, -0.25) is 0 Å². The van der Waals surface area contributed by atoms with Crippen molar-refractivity contribution in [2.24, 2.45) is 5.92 Å². The first-order valence-electron chi connectivity index (χ1n) is 11.2. The molecule has 3 fully saturated rings. The Bertz CT molecular complexity index is 500. The topological polar surface area (TPSA) is 54.7 Å². The van der Waals surface area contributed by atoms with Gasteiger partial charge in [-0.25, -0.2) is 0 Å². The number of unbranched alkanes of at least 4 members (excludes halogenated alkanes) is 3. The maximum Gasteiger partial charge on any atom is 0.168 e. The first-order valence-corrected chi connectivity index (χ1v) is 11.2. The summed E-state index contributed by atoms with van der Waals surface area (Å²) in [5.74, 6) is 0.196. The minimum Gasteiger partial charge on any atom is -0.348 e. The Morgan fingerprint density at radius 3 is 2.59 bits per heavy atom. The number of nitrogens with zero attached hydrogens (tertiary/aromatic N) is 2. The third-order valence-corrected chi connectivity index (χ3v) is 7.19. The van der Waals surface area contributed by atoms with Crippen LogP contribution in [0.25, 0.3) is 0 Å². The highest BCUT2D eigenvalue weighted by molar-refractivity contribution is 5.09. The predicted molar refractivity (Wildman–Crippen MR) is 105 cm³/mol. The highest BCUT2D eigenvalue weighted by Gasteiger charge is 2.53. The van der Waals surface area contributed by atoms with E-state index in [1.807, 2.05) is 0 Å². The Labute approximate surface area is 165 Å². The van der Waals surface area contributed by atoms with Crippen LogP contribution < -0.4 is 0 Å². The molecule has 0 N–H and O–H groups in total. The molecule has 2 aliphatic heterocycles. The lowest BCUT2D eigenvalue weighted by molar-refractivity contribution is -0.223. The molecule has 0 aromatic carbocycles. The van der Waals surface area contributed by atoms with Crippen LogP contribution in [0.1, 0.15) is 90.4 Å². The first kappa shape index (κ1) is 21.0. The molecule has 3 aliphatic rings. The van der Waals surface area contributed by atoms with Crippen molar-refractivity contribution >= 4 is 0 Å². The normalized spacial score (nSPS) is 33.5. The predicted octanol–water partition coefficient (Wildman–Crippen LogP) is 4.96. The lowest BCUT2D eigenvalue weighted by Gasteiger charge is -2.47. The Balaban J connectivity index is 1.64. The molecule has 2 saturated heterocycles. The van der Waals surface area contributed by atoms with E-state index in [1.165, 1.54) is 44.9 Å². The van der Waals surface area contributed by atoms with Crippen LogP contribution in [0.2, 0.25) is 0 Å². The van der Waals surface area contributed by atoms with Crippen molar-refractivity contribution in [2.45, 2.75) is 108 Å². The van der Waals surface area contributed by atoms with Crippen molar-refractivity contribution in [1.29, 1.82) is 5.26 Å². The summed E-state index contributed by atoms with van der Waals surface area (Å²) in [4.78, 5) is 5.78. The van der Waals surface area contributed by atoms with E-state index in [0.717, 1.165) is 51.7 Å². The lowest BCUT2D eigenvalue weighted by atomic mass is 9.69. The van der Waals surface area contributed by atoms with Crippen LogP contribution in [0.4, 0.5) is 0 Å². The molecule has 5 nitrogen and oxygen atoms in total. The summed E-state index contributed by atoms with van der Waals surface area (Å²) in [5.41, 5.74) is 0.0371. The summed E-state index contributed by atoms with van der Waals surface area (Å²) in [6.07, 6.45) is 15.0. The number of hydrogen-bond donors (Lipinski definition) is 0. The second-order valence-corrected chi connectivity index (χ2v) is 8.70. The monoisotopic (exact) mass is 378 g/mol. The van der Waals surface area contributed by atoms with Crippen molar-refractivity contribution in [1.82, 2.24) is 5.06 Å². The Morgan fingerprint density at radius 1 is 1.07 bits per heavy atom. The van der Waals surface area contributed by atoms with E-state index in [9.17, 15) is 5.26 Å². The van der Waals surface area contributed by atoms with Gasteiger partial charge in [-0.15, -0.1) is 0 Å². The SMILES string of the molecule is CCCCCCC1(CCC2CCCCC23CC[C@H](C#N)N3OC)OCCO1. The van der Waals surface area contributed by atoms with Gasteiger partial charge in [0.2, 0.25) is 0 Å². The van der Waals surface area contributed by atoms with Crippen LogP contribution in [0.15, 0.2) is 0 Å². The van der Waals surface area contributed by atoms with Gasteiger partial charge in [0.25, 0.3) is 0 Å². The molecule has 0 amide bonds. The van der Waals surface area contributed by atoms with E-state index in [-0.39, 0.29) is 17.4 Å². The van der Waals surface area contributed by atoms with E-state index in [1.54, 1.807) is 7.11 Å². The number of nitriles is 1. The maximum absolute atomic E-state index is 9.54. The van der Waals surface area contributed by atoms with E-state index in [2.05, 4.69) is 18.1 Å². The van der Waals surface area contributed by atoms with Crippen LogP contribution in [-0.4, -0.2) is 42.8 Å². The minimum absolute atomic E-state index is 0.0371. The van der Waals surface area contributed by atoms with Gasteiger partial charge in [0.15, 0.2) is 5.79 Å². The molecule has 3 atom stereocenters. The van der Waals surface area contributed by atoms with E-state index in [0.29, 0.717) is 5.92 Å². The molecule has 5 heteroatoms. The van der Waals surface area contributed by atoms with Gasteiger partial charge < -0.3 is 14.3 Å². The second-order valence-electron chi connectivity index (χ2n) is 8.70. The van der Waals surface area contributed by atoms with Crippen molar-refractivity contribution in [3.63, 3.8) is 0 Å². The van der Waals surface area contributed by atoms with Gasteiger partial charge in [0, 0.05) is 12.8 Å².